The lowest BCUT2D eigenvalue weighted by molar-refractivity contribution is -0.121. The van der Waals surface area contributed by atoms with Crippen LogP contribution < -0.4 is 4.90 Å². The summed E-state index contributed by atoms with van der Waals surface area (Å²) in [6.45, 7) is 0. The predicted octanol–water partition coefficient (Wildman–Crippen LogP) is 2.59. The van der Waals surface area contributed by atoms with Crippen molar-refractivity contribution in [2.24, 2.45) is 0 Å². The van der Waals surface area contributed by atoms with E-state index in [4.69, 9.17) is 0 Å². The summed E-state index contributed by atoms with van der Waals surface area (Å²) in [4.78, 5) is 25.9. The van der Waals surface area contributed by atoms with Crippen molar-refractivity contribution >= 4 is 34.4 Å². The second-order valence-corrected chi connectivity index (χ2v) is 4.93. The second kappa shape index (κ2) is 4.37. The number of carbonyl (C=O) groups is 2. The van der Waals surface area contributed by atoms with Crippen LogP contribution in [-0.2, 0) is 9.59 Å². The molecule has 2 aromatic rings. The Bertz CT molecular complexity index is 674. The fraction of sp³-hybridized carbons (Fsp3) is 0. The third-order valence-corrected chi connectivity index (χ3v) is 3.73. The van der Waals surface area contributed by atoms with Crippen LogP contribution in [-0.4, -0.2) is 16.9 Å². The van der Waals surface area contributed by atoms with Gasteiger partial charge in [-0.3, -0.25) is 9.59 Å². The van der Waals surface area contributed by atoms with Crippen LogP contribution in [0, 0.1) is 0 Å². The number of anilines is 1. The Balaban J connectivity index is 2.07. The van der Waals surface area contributed by atoms with E-state index in [2.05, 4.69) is 0 Å². The molecule has 2 amide bonds. The second-order valence-electron chi connectivity index (χ2n) is 3.98. The Hall–Kier alpha value is -2.40. The summed E-state index contributed by atoms with van der Waals surface area (Å²) in [6, 6.07) is 12.0. The molecule has 0 bridgehead atoms. The van der Waals surface area contributed by atoms with Gasteiger partial charge in [0.05, 0.1) is 5.69 Å². The van der Waals surface area contributed by atoms with Gasteiger partial charge in [-0.05, 0) is 23.6 Å². The first kappa shape index (κ1) is 11.7. The smallest absolute Gasteiger partial charge is 0.301 e. The van der Waals surface area contributed by atoms with Crippen molar-refractivity contribution in [3.8, 4) is 0 Å². The molecule has 2 heterocycles. The Morgan fingerprint density at radius 3 is 2.32 bits per heavy atom. The largest absolute Gasteiger partial charge is 0.502 e. The minimum absolute atomic E-state index is 0.0730. The first-order chi connectivity index (χ1) is 9.20. The number of carbonyl (C=O) groups excluding carboxylic acids is 2. The topological polar surface area (TPSA) is 57.6 Å². The van der Waals surface area contributed by atoms with Gasteiger partial charge in [0.15, 0.2) is 5.76 Å². The summed E-state index contributed by atoms with van der Waals surface area (Å²) >= 11 is 1.31. The number of aliphatic hydroxyl groups is 1. The van der Waals surface area contributed by atoms with Crippen LogP contribution in [0.15, 0.2) is 53.6 Å². The lowest BCUT2D eigenvalue weighted by Crippen LogP contribution is -2.31. The van der Waals surface area contributed by atoms with E-state index in [1.54, 1.807) is 47.8 Å². The van der Waals surface area contributed by atoms with Crippen molar-refractivity contribution in [2.45, 2.75) is 0 Å². The minimum Gasteiger partial charge on any atom is -0.502 e. The van der Waals surface area contributed by atoms with Crippen molar-refractivity contribution in [1.82, 2.24) is 0 Å². The molecule has 1 aliphatic rings. The number of hydrogen-bond acceptors (Lipinski definition) is 4. The van der Waals surface area contributed by atoms with Crippen molar-refractivity contribution in [2.75, 3.05) is 4.90 Å². The molecular weight excluding hydrogens is 262 g/mol. The number of para-hydroxylation sites is 1. The molecule has 0 unspecified atom stereocenters. The van der Waals surface area contributed by atoms with Crippen molar-refractivity contribution < 1.29 is 14.7 Å². The van der Waals surface area contributed by atoms with Gasteiger partial charge in [0.25, 0.3) is 5.91 Å². The SMILES string of the molecule is O=C1C(O)=C(c2cccs2)C(=O)N1c1ccccc1. The highest BCUT2D eigenvalue weighted by Crippen LogP contribution is 2.33. The fourth-order valence-electron chi connectivity index (χ4n) is 1.97. The summed E-state index contributed by atoms with van der Waals surface area (Å²) in [5.41, 5.74) is 0.527. The Morgan fingerprint density at radius 1 is 0.947 bits per heavy atom. The standard InChI is InChI=1S/C14H9NO3S/c16-12-11(10-7-4-8-19-10)13(17)15(14(12)18)9-5-2-1-3-6-9/h1-8,16H. The summed E-state index contributed by atoms with van der Waals surface area (Å²) in [5, 5.41) is 11.7. The van der Waals surface area contributed by atoms with Gasteiger partial charge >= 0.3 is 5.91 Å². The molecule has 19 heavy (non-hydrogen) atoms. The molecule has 4 nitrogen and oxygen atoms in total. The molecule has 1 aromatic heterocycles. The molecule has 0 radical (unpaired) electrons. The zero-order chi connectivity index (χ0) is 13.4. The predicted molar refractivity (Wildman–Crippen MR) is 72.8 cm³/mol. The van der Waals surface area contributed by atoms with Crippen LogP contribution in [0.4, 0.5) is 5.69 Å². The van der Waals surface area contributed by atoms with Gasteiger partial charge < -0.3 is 5.11 Å². The van der Waals surface area contributed by atoms with Crippen LogP contribution in [0.25, 0.3) is 5.57 Å². The van der Waals surface area contributed by atoms with Crippen LogP contribution in [0.3, 0.4) is 0 Å². The zero-order valence-electron chi connectivity index (χ0n) is 9.74. The van der Waals surface area contributed by atoms with Gasteiger partial charge in [0.2, 0.25) is 0 Å². The summed E-state index contributed by atoms with van der Waals surface area (Å²) < 4.78 is 0. The quantitative estimate of drug-likeness (QED) is 0.854. The van der Waals surface area contributed by atoms with Gasteiger partial charge in [-0.15, -0.1) is 11.3 Å². The molecular formula is C14H9NO3S. The molecule has 0 aliphatic carbocycles. The maximum Gasteiger partial charge on any atom is 0.301 e. The van der Waals surface area contributed by atoms with Crippen LogP contribution in [0.1, 0.15) is 4.88 Å². The lowest BCUT2D eigenvalue weighted by atomic mass is 10.2. The van der Waals surface area contributed by atoms with E-state index < -0.39 is 17.6 Å². The van der Waals surface area contributed by atoms with Gasteiger partial charge in [0.1, 0.15) is 5.57 Å². The Labute approximate surface area is 113 Å². The van der Waals surface area contributed by atoms with Crippen LogP contribution in [0.2, 0.25) is 0 Å². The van der Waals surface area contributed by atoms with Crippen LogP contribution in [0.5, 0.6) is 0 Å². The Morgan fingerprint density at radius 2 is 1.68 bits per heavy atom. The lowest BCUT2D eigenvalue weighted by Gasteiger charge is -2.13. The fourth-order valence-corrected chi connectivity index (χ4v) is 2.74. The number of imide groups is 1. The van der Waals surface area contributed by atoms with Gasteiger partial charge in [0, 0.05) is 4.88 Å². The van der Waals surface area contributed by atoms with E-state index in [1.165, 1.54) is 11.3 Å². The first-order valence-electron chi connectivity index (χ1n) is 5.61. The van der Waals surface area contributed by atoms with Gasteiger partial charge in [-0.25, -0.2) is 4.90 Å². The monoisotopic (exact) mass is 271 g/mol. The van der Waals surface area contributed by atoms with Crippen molar-refractivity contribution in [3.05, 3.63) is 58.5 Å². The van der Waals surface area contributed by atoms with E-state index in [9.17, 15) is 14.7 Å². The molecule has 0 saturated carbocycles. The molecule has 1 aliphatic heterocycles. The maximum absolute atomic E-state index is 12.3. The zero-order valence-corrected chi connectivity index (χ0v) is 10.6. The minimum atomic E-state index is -0.681. The number of nitrogens with zero attached hydrogens (tertiary/aromatic N) is 1. The highest BCUT2D eigenvalue weighted by molar-refractivity contribution is 7.11. The number of hydrogen-bond donors (Lipinski definition) is 1. The van der Waals surface area contributed by atoms with Gasteiger partial charge in [-0.1, -0.05) is 24.3 Å². The molecule has 5 heteroatoms. The van der Waals surface area contributed by atoms with E-state index >= 15 is 0 Å². The molecule has 0 atom stereocenters. The number of amides is 2. The molecule has 0 spiro atoms. The highest BCUT2D eigenvalue weighted by Gasteiger charge is 2.40. The summed E-state index contributed by atoms with van der Waals surface area (Å²) in [7, 11) is 0. The molecule has 1 N–H and O–H groups in total. The third kappa shape index (κ3) is 1.75. The molecule has 0 saturated heterocycles. The third-order valence-electron chi connectivity index (χ3n) is 2.84. The van der Waals surface area contributed by atoms with E-state index in [0.717, 1.165) is 4.90 Å². The number of benzene rings is 1. The van der Waals surface area contributed by atoms with E-state index in [1.807, 2.05) is 0 Å². The molecule has 3 rings (SSSR count). The Kier molecular flexibility index (Phi) is 2.68. The number of thiophene rings is 1. The maximum atomic E-state index is 12.3. The summed E-state index contributed by atoms with van der Waals surface area (Å²) in [6.07, 6.45) is 0. The van der Waals surface area contributed by atoms with Crippen molar-refractivity contribution in [3.63, 3.8) is 0 Å². The highest BCUT2D eigenvalue weighted by atomic mass is 32.1. The molecule has 1 aromatic carbocycles. The normalized spacial score (nSPS) is 15.5. The molecule has 94 valence electrons. The average molecular weight is 271 g/mol. The van der Waals surface area contributed by atoms with E-state index in [-0.39, 0.29) is 5.57 Å². The first-order valence-corrected chi connectivity index (χ1v) is 6.49. The van der Waals surface area contributed by atoms with Crippen LogP contribution >= 0.6 is 11.3 Å². The number of rotatable bonds is 2. The molecule has 0 fully saturated rings. The average Bonchev–Trinajstić information content (AvgIpc) is 3.00. The van der Waals surface area contributed by atoms with Gasteiger partial charge in [-0.2, -0.15) is 0 Å². The summed E-state index contributed by atoms with van der Waals surface area (Å²) in [5.74, 6) is -1.66. The number of aliphatic hydroxyl groups excluding tert-OH is 1. The van der Waals surface area contributed by atoms with Crippen molar-refractivity contribution in [1.29, 1.82) is 0 Å². The van der Waals surface area contributed by atoms with E-state index in [0.29, 0.717) is 10.6 Å².